The lowest BCUT2D eigenvalue weighted by molar-refractivity contribution is -0.159. The van der Waals surface area contributed by atoms with Gasteiger partial charge < -0.3 is 38.6 Å². The van der Waals surface area contributed by atoms with Gasteiger partial charge in [0.15, 0.2) is 0 Å². The molecule has 0 rings (SSSR count). The summed E-state index contributed by atoms with van der Waals surface area (Å²) in [6.45, 7) is 6.83. The highest BCUT2D eigenvalue weighted by molar-refractivity contribution is 5.91. The van der Waals surface area contributed by atoms with E-state index in [1.165, 1.54) is 0 Å². The molecule has 0 saturated carbocycles. The van der Waals surface area contributed by atoms with Gasteiger partial charge in [0.2, 0.25) is 0 Å². The van der Waals surface area contributed by atoms with Gasteiger partial charge in [-0.1, -0.05) is 13.2 Å². The lowest BCUT2D eigenvalue weighted by Crippen LogP contribution is -2.27. The van der Waals surface area contributed by atoms with Crippen LogP contribution < -0.4 is 0 Å². The van der Waals surface area contributed by atoms with Crippen molar-refractivity contribution in [3.63, 3.8) is 0 Å². The quantitative estimate of drug-likeness (QED) is 0.0679. The first-order valence-electron chi connectivity index (χ1n) is 11.2. The molecule has 0 aliphatic heterocycles. The predicted octanol–water partition coefficient (Wildman–Crippen LogP) is 0.237. The molecule has 0 radical (unpaired) electrons. The molecule has 0 amide bonds. The Bertz CT molecular complexity index is 594. The summed E-state index contributed by atoms with van der Waals surface area (Å²) in [6, 6.07) is 0. The summed E-state index contributed by atoms with van der Waals surface area (Å²) in [5.41, 5.74) is 0. The van der Waals surface area contributed by atoms with E-state index in [2.05, 4.69) is 13.2 Å². The molecular formula is C23H36O12. The second-order valence-electron chi connectivity index (χ2n) is 7.16. The maximum Gasteiger partial charge on any atom is 0.330 e. The highest BCUT2D eigenvalue weighted by atomic mass is 16.6. The fourth-order valence-corrected chi connectivity index (χ4v) is 2.21. The molecule has 2 atom stereocenters. The molecule has 0 saturated heterocycles. The Balaban J connectivity index is 3.66. The molecule has 0 aromatic carbocycles. The minimum absolute atomic E-state index is 0.0731. The number of esters is 4. The van der Waals surface area contributed by atoms with Crippen LogP contribution >= 0.6 is 0 Å². The predicted molar refractivity (Wildman–Crippen MR) is 121 cm³/mol. The number of carbonyl (C=O) groups is 4. The number of hydrogen-bond donors (Lipinski definition) is 2. The van der Waals surface area contributed by atoms with Gasteiger partial charge in [-0.15, -0.1) is 0 Å². The van der Waals surface area contributed by atoms with E-state index in [1.807, 2.05) is 0 Å². The zero-order chi connectivity index (χ0) is 26.3. The SMILES string of the molecule is C=CC(=O)OCCCCOCC(O)COC(=O)CC(=O)OCC(O)COCCCCOC(=O)C=C. The fraction of sp³-hybridized carbons (Fsp3) is 0.652. The van der Waals surface area contributed by atoms with Gasteiger partial charge >= 0.3 is 23.9 Å². The molecule has 0 aliphatic carbocycles. The molecule has 0 aromatic rings. The van der Waals surface area contributed by atoms with E-state index >= 15 is 0 Å². The van der Waals surface area contributed by atoms with Crippen LogP contribution in [0.25, 0.3) is 0 Å². The van der Waals surface area contributed by atoms with E-state index in [0.717, 1.165) is 12.2 Å². The van der Waals surface area contributed by atoms with Crippen LogP contribution in [0.4, 0.5) is 0 Å². The summed E-state index contributed by atoms with van der Waals surface area (Å²) < 4.78 is 29.6. The Hall–Kier alpha value is -2.80. The van der Waals surface area contributed by atoms with Crippen LogP contribution in [0.3, 0.4) is 0 Å². The van der Waals surface area contributed by atoms with E-state index in [1.54, 1.807) is 0 Å². The molecule has 200 valence electrons. The van der Waals surface area contributed by atoms with Crippen molar-refractivity contribution in [1.82, 2.24) is 0 Å². The third-order valence-corrected chi connectivity index (χ3v) is 3.97. The Labute approximate surface area is 204 Å². The van der Waals surface area contributed by atoms with Crippen LogP contribution in [0.2, 0.25) is 0 Å². The summed E-state index contributed by atoms with van der Waals surface area (Å²) in [5.74, 6) is -2.76. The van der Waals surface area contributed by atoms with Crippen molar-refractivity contribution in [1.29, 1.82) is 0 Å². The number of aliphatic hydroxyl groups excluding tert-OH is 2. The van der Waals surface area contributed by atoms with E-state index in [-0.39, 0.29) is 39.6 Å². The van der Waals surface area contributed by atoms with Crippen LogP contribution in [-0.2, 0) is 47.6 Å². The van der Waals surface area contributed by atoms with Gasteiger partial charge in [-0.3, -0.25) is 9.59 Å². The average Bonchev–Trinajstić information content (AvgIpc) is 2.84. The third kappa shape index (κ3) is 21.5. The van der Waals surface area contributed by atoms with Crippen molar-refractivity contribution >= 4 is 23.9 Å². The molecule has 0 aliphatic rings. The molecule has 12 heteroatoms. The highest BCUT2D eigenvalue weighted by Gasteiger charge is 2.16. The van der Waals surface area contributed by atoms with Gasteiger partial charge in [0, 0.05) is 25.4 Å². The number of unbranched alkanes of at least 4 members (excludes halogenated alkanes) is 2. The lowest BCUT2D eigenvalue weighted by atomic mass is 10.3. The molecule has 0 spiro atoms. The monoisotopic (exact) mass is 504 g/mol. The second kappa shape index (κ2) is 21.7. The van der Waals surface area contributed by atoms with Crippen molar-refractivity contribution in [3.05, 3.63) is 25.3 Å². The Morgan fingerprint density at radius 2 is 0.971 bits per heavy atom. The Morgan fingerprint density at radius 1 is 0.600 bits per heavy atom. The minimum atomic E-state index is -1.07. The van der Waals surface area contributed by atoms with Crippen molar-refractivity contribution < 1.29 is 57.8 Å². The zero-order valence-corrected chi connectivity index (χ0v) is 19.9. The van der Waals surface area contributed by atoms with E-state index < -0.39 is 42.5 Å². The first-order chi connectivity index (χ1) is 16.8. The number of rotatable bonds is 22. The molecule has 0 aromatic heterocycles. The standard InChI is InChI=1S/C23H36O12/c1-3-20(26)32-11-7-5-9-30-14-18(24)16-34-22(28)13-23(29)35-17-19(25)15-31-10-6-8-12-33-21(27)4-2/h3-4,18-19,24-25H,1-2,5-17H2. The number of ether oxygens (including phenoxy) is 6. The Kier molecular flexibility index (Phi) is 20.0. The lowest BCUT2D eigenvalue weighted by Gasteiger charge is -2.13. The molecule has 0 bridgehead atoms. The molecule has 35 heavy (non-hydrogen) atoms. The summed E-state index contributed by atoms with van der Waals surface area (Å²) in [5, 5.41) is 19.5. The Morgan fingerprint density at radius 3 is 1.34 bits per heavy atom. The number of carbonyl (C=O) groups excluding carboxylic acids is 4. The van der Waals surface area contributed by atoms with Gasteiger partial charge in [-0.05, 0) is 25.7 Å². The van der Waals surface area contributed by atoms with Crippen molar-refractivity contribution in [2.75, 3.05) is 52.9 Å². The van der Waals surface area contributed by atoms with Crippen LogP contribution in [0.1, 0.15) is 32.1 Å². The maximum atomic E-state index is 11.6. The van der Waals surface area contributed by atoms with E-state index in [0.29, 0.717) is 38.9 Å². The third-order valence-electron chi connectivity index (χ3n) is 3.97. The number of aliphatic hydroxyl groups is 2. The average molecular weight is 505 g/mol. The molecule has 2 N–H and O–H groups in total. The van der Waals surface area contributed by atoms with Crippen LogP contribution in [0.15, 0.2) is 25.3 Å². The molecule has 2 unspecified atom stereocenters. The summed E-state index contributed by atoms with van der Waals surface area (Å²) in [6.07, 6.45) is 1.72. The minimum Gasteiger partial charge on any atom is -0.463 e. The molecular weight excluding hydrogens is 468 g/mol. The summed E-state index contributed by atoms with van der Waals surface area (Å²) in [7, 11) is 0. The van der Waals surface area contributed by atoms with E-state index in [4.69, 9.17) is 28.4 Å². The smallest absolute Gasteiger partial charge is 0.330 e. The topological polar surface area (TPSA) is 164 Å². The van der Waals surface area contributed by atoms with Crippen LogP contribution in [0, 0.1) is 0 Å². The van der Waals surface area contributed by atoms with Crippen molar-refractivity contribution in [3.8, 4) is 0 Å². The first-order valence-corrected chi connectivity index (χ1v) is 11.2. The van der Waals surface area contributed by atoms with E-state index in [9.17, 15) is 29.4 Å². The maximum absolute atomic E-state index is 11.6. The molecule has 0 heterocycles. The van der Waals surface area contributed by atoms with Crippen LogP contribution in [-0.4, -0.2) is 99.2 Å². The molecule has 12 nitrogen and oxygen atoms in total. The highest BCUT2D eigenvalue weighted by Crippen LogP contribution is 1.99. The second-order valence-corrected chi connectivity index (χ2v) is 7.16. The van der Waals surface area contributed by atoms with Gasteiger partial charge in [0.25, 0.3) is 0 Å². The van der Waals surface area contributed by atoms with Gasteiger partial charge in [-0.25, -0.2) is 9.59 Å². The summed E-state index contributed by atoms with van der Waals surface area (Å²) in [4.78, 5) is 45.0. The fourth-order valence-electron chi connectivity index (χ4n) is 2.21. The van der Waals surface area contributed by atoms with Crippen molar-refractivity contribution in [2.45, 2.75) is 44.3 Å². The normalized spacial score (nSPS) is 12.2. The van der Waals surface area contributed by atoms with Gasteiger partial charge in [0.1, 0.15) is 31.8 Å². The van der Waals surface area contributed by atoms with Crippen LogP contribution in [0.5, 0.6) is 0 Å². The first kappa shape index (κ1) is 32.2. The zero-order valence-electron chi connectivity index (χ0n) is 19.9. The van der Waals surface area contributed by atoms with Gasteiger partial charge in [-0.2, -0.15) is 0 Å². The van der Waals surface area contributed by atoms with Gasteiger partial charge in [0.05, 0.1) is 26.4 Å². The molecule has 0 fully saturated rings. The summed E-state index contributed by atoms with van der Waals surface area (Å²) >= 11 is 0. The number of hydrogen-bond acceptors (Lipinski definition) is 12. The largest absolute Gasteiger partial charge is 0.463 e. The van der Waals surface area contributed by atoms with Crippen molar-refractivity contribution in [2.24, 2.45) is 0 Å².